The zero-order valence-corrected chi connectivity index (χ0v) is 23.9. The van der Waals surface area contributed by atoms with E-state index in [0.29, 0.717) is 23.3 Å². The van der Waals surface area contributed by atoms with Gasteiger partial charge in [-0.05, 0) is 63.9 Å². The van der Waals surface area contributed by atoms with E-state index in [1.165, 1.54) is 43.4 Å². The van der Waals surface area contributed by atoms with Gasteiger partial charge in [0.2, 0.25) is 0 Å². The summed E-state index contributed by atoms with van der Waals surface area (Å²) < 4.78 is 0. The summed E-state index contributed by atoms with van der Waals surface area (Å²) in [6.07, 6.45) is 4.74. The Bertz CT molecular complexity index is 1110. The highest BCUT2D eigenvalue weighted by Crippen LogP contribution is 2.40. The number of hydrogen-bond acceptors (Lipinski definition) is 0. The predicted octanol–water partition coefficient (Wildman–Crippen LogP) is 7.80. The fourth-order valence-corrected chi connectivity index (χ4v) is 11.7. The largest absolute Gasteiger partial charge is 0.159 e. The summed E-state index contributed by atoms with van der Waals surface area (Å²) in [7, 11) is -2.49. The number of benzene rings is 3. The Morgan fingerprint density at radius 3 is 1.11 bits per heavy atom. The van der Waals surface area contributed by atoms with Crippen molar-refractivity contribution in [1.82, 2.24) is 0 Å². The van der Waals surface area contributed by atoms with Gasteiger partial charge < -0.3 is 0 Å². The molecule has 3 aromatic rings. The zero-order valence-electron chi connectivity index (χ0n) is 22.9. The molecule has 1 heteroatoms. The third-order valence-corrected chi connectivity index (χ3v) is 13.4. The lowest BCUT2D eigenvalue weighted by Gasteiger charge is -2.41. The second-order valence-corrected chi connectivity index (χ2v) is 15.3. The highest BCUT2D eigenvalue weighted by Gasteiger charge is 2.49. The Kier molecular flexibility index (Phi) is 7.38. The molecule has 0 bridgehead atoms. The van der Waals surface area contributed by atoms with E-state index in [4.69, 9.17) is 0 Å². The molecule has 0 saturated carbocycles. The van der Waals surface area contributed by atoms with E-state index in [1.54, 1.807) is 0 Å². The molecule has 0 nitrogen and oxygen atoms in total. The molecule has 0 radical (unpaired) electrons. The molecule has 0 aromatic heterocycles. The SMILES string of the molecule is CC1=CC=C(C)C1[Si](c1cccc(C(C)C)c1)(c1cccc(C(C)C)c1)c1cccc(C(C)C)c1. The van der Waals surface area contributed by atoms with Gasteiger partial charge in [-0.1, -0.05) is 138 Å². The third-order valence-electron chi connectivity index (χ3n) is 7.98. The van der Waals surface area contributed by atoms with Crippen LogP contribution < -0.4 is 15.6 Å². The summed E-state index contributed by atoms with van der Waals surface area (Å²) in [4.78, 5) is 0. The van der Waals surface area contributed by atoms with Crippen molar-refractivity contribution in [3.63, 3.8) is 0 Å². The molecule has 0 saturated heterocycles. The van der Waals surface area contributed by atoms with Crippen molar-refractivity contribution in [2.45, 2.75) is 78.7 Å². The topological polar surface area (TPSA) is 0 Å². The van der Waals surface area contributed by atoms with Gasteiger partial charge in [0.15, 0.2) is 8.07 Å². The van der Waals surface area contributed by atoms with Crippen LogP contribution >= 0.6 is 0 Å². The zero-order chi connectivity index (χ0) is 25.3. The van der Waals surface area contributed by atoms with Gasteiger partial charge >= 0.3 is 0 Å². The molecule has 0 N–H and O–H groups in total. The molecule has 0 spiro atoms. The molecule has 0 amide bonds. The first-order chi connectivity index (χ1) is 16.7. The lowest BCUT2D eigenvalue weighted by atomic mass is 10.0. The summed E-state index contributed by atoms with van der Waals surface area (Å²) in [6.45, 7) is 18.6. The van der Waals surface area contributed by atoms with Gasteiger partial charge in [-0.2, -0.15) is 0 Å². The van der Waals surface area contributed by atoms with Crippen LogP contribution in [0.1, 0.15) is 89.8 Å². The van der Waals surface area contributed by atoms with Crippen molar-refractivity contribution in [3.8, 4) is 0 Å². The van der Waals surface area contributed by atoms with Crippen LogP contribution in [0.3, 0.4) is 0 Å². The van der Waals surface area contributed by atoms with Crippen molar-refractivity contribution < 1.29 is 0 Å². The minimum absolute atomic E-state index is 0.412. The van der Waals surface area contributed by atoms with Crippen LogP contribution in [0.5, 0.6) is 0 Å². The van der Waals surface area contributed by atoms with Gasteiger partial charge in [-0.25, -0.2) is 0 Å². The van der Waals surface area contributed by atoms with Crippen molar-refractivity contribution in [2.24, 2.45) is 0 Å². The summed E-state index contributed by atoms with van der Waals surface area (Å²) in [5.74, 6) is 1.51. The highest BCUT2D eigenvalue weighted by atomic mass is 28.3. The maximum Gasteiger partial charge on any atom is 0.159 e. The quantitative estimate of drug-likeness (QED) is 0.240. The lowest BCUT2D eigenvalue weighted by Crippen LogP contribution is -2.70. The van der Waals surface area contributed by atoms with Crippen molar-refractivity contribution in [3.05, 3.63) is 113 Å². The minimum Gasteiger partial charge on any atom is -0.0679 e. The Hall–Kier alpha value is -2.64. The Morgan fingerprint density at radius 2 is 0.829 bits per heavy atom. The highest BCUT2D eigenvalue weighted by molar-refractivity contribution is 7.13. The van der Waals surface area contributed by atoms with Crippen LogP contribution in [0.15, 0.2) is 96.1 Å². The molecule has 0 unspecified atom stereocenters. The van der Waals surface area contributed by atoms with Gasteiger partial charge in [-0.3, -0.25) is 0 Å². The minimum atomic E-state index is -2.49. The monoisotopic (exact) mass is 478 g/mol. The fourth-order valence-electron chi connectivity index (χ4n) is 5.93. The third kappa shape index (κ3) is 4.64. The van der Waals surface area contributed by atoms with E-state index in [2.05, 4.69) is 140 Å². The van der Waals surface area contributed by atoms with Gasteiger partial charge in [0.25, 0.3) is 0 Å². The molecule has 182 valence electrons. The molecular weight excluding hydrogens is 436 g/mol. The molecule has 3 aromatic carbocycles. The first-order valence-corrected chi connectivity index (χ1v) is 15.4. The van der Waals surface area contributed by atoms with E-state index in [0.717, 1.165) is 0 Å². The van der Waals surface area contributed by atoms with Crippen LogP contribution in [0, 0.1) is 0 Å². The maximum atomic E-state index is 2.54. The summed E-state index contributed by atoms with van der Waals surface area (Å²) in [5, 5.41) is 4.58. The fraction of sp³-hybridized carbons (Fsp3) is 0.353. The van der Waals surface area contributed by atoms with Gasteiger partial charge in [0.1, 0.15) is 0 Å². The van der Waals surface area contributed by atoms with Crippen LogP contribution in [-0.4, -0.2) is 8.07 Å². The summed E-state index contributed by atoms with van der Waals surface area (Å²) in [5.41, 5.74) is 7.69. The normalized spacial score (nSPS) is 14.7. The molecule has 4 rings (SSSR count). The van der Waals surface area contributed by atoms with Gasteiger partial charge in [0, 0.05) is 5.54 Å². The van der Waals surface area contributed by atoms with Crippen molar-refractivity contribution in [1.29, 1.82) is 0 Å². The molecule has 0 fully saturated rings. The van der Waals surface area contributed by atoms with Crippen LogP contribution in [0.4, 0.5) is 0 Å². The maximum absolute atomic E-state index is 2.54. The molecular formula is C34H42Si. The lowest BCUT2D eigenvalue weighted by molar-refractivity contribution is 0.866. The van der Waals surface area contributed by atoms with Crippen molar-refractivity contribution >= 4 is 23.6 Å². The first-order valence-electron chi connectivity index (χ1n) is 13.3. The van der Waals surface area contributed by atoms with Crippen LogP contribution in [0.2, 0.25) is 5.54 Å². The van der Waals surface area contributed by atoms with E-state index >= 15 is 0 Å². The van der Waals surface area contributed by atoms with Gasteiger partial charge in [0.05, 0.1) is 0 Å². The first kappa shape index (κ1) is 25.4. The number of allylic oxidation sites excluding steroid dienone is 4. The van der Waals surface area contributed by atoms with Crippen LogP contribution in [0.25, 0.3) is 0 Å². The smallest absolute Gasteiger partial charge is 0.0679 e. The molecule has 0 aliphatic heterocycles. The van der Waals surface area contributed by atoms with Gasteiger partial charge in [-0.15, -0.1) is 0 Å². The number of hydrogen-bond donors (Lipinski definition) is 0. The Labute approximate surface area is 214 Å². The summed E-state index contributed by atoms with van der Waals surface area (Å²) >= 11 is 0. The Morgan fingerprint density at radius 1 is 0.514 bits per heavy atom. The van der Waals surface area contributed by atoms with Crippen LogP contribution in [-0.2, 0) is 0 Å². The molecule has 1 aliphatic rings. The number of rotatable bonds is 7. The van der Waals surface area contributed by atoms with E-state index in [9.17, 15) is 0 Å². The average Bonchev–Trinajstić information content (AvgIpc) is 3.18. The molecule has 1 aliphatic carbocycles. The second kappa shape index (κ2) is 10.2. The average molecular weight is 479 g/mol. The van der Waals surface area contributed by atoms with E-state index in [-0.39, 0.29) is 0 Å². The Balaban J connectivity index is 2.17. The van der Waals surface area contributed by atoms with Crippen molar-refractivity contribution in [2.75, 3.05) is 0 Å². The molecule has 0 atom stereocenters. The molecule has 35 heavy (non-hydrogen) atoms. The standard InChI is InChI=1S/C34H42Si/c1-23(2)28-12-9-15-31(20-28)35(34-26(7)18-19-27(34)8,32-16-10-13-29(21-32)24(3)4)33-17-11-14-30(22-33)25(5)6/h9-25,34H,1-8H3. The summed E-state index contributed by atoms with van der Waals surface area (Å²) in [6, 6.07) is 28.8. The van der Waals surface area contributed by atoms with E-state index < -0.39 is 8.07 Å². The van der Waals surface area contributed by atoms with E-state index in [1.807, 2.05) is 0 Å². The molecule has 0 heterocycles. The second-order valence-electron chi connectivity index (χ2n) is 11.4. The predicted molar refractivity (Wildman–Crippen MR) is 158 cm³/mol.